The van der Waals surface area contributed by atoms with Crippen LogP contribution in [-0.2, 0) is 0 Å². The Labute approximate surface area is 198 Å². The van der Waals surface area contributed by atoms with Crippen molar-refractivity contribution in [2.75, 3.05) is 7.11 Å². The maximum absolute atomic E-state index is 15.3. The van der Waals surface area contributed by atoms with E-state index in [0.29, 0.717) is 11.5 Å². The highest BCUT2D eigenvalue weighted by atomic mass is 19.3. The standard InChI is InChI=1S/C29H30F4O/c1-3-4-18-5-7-19(8-6-18)20-9-11-21(12-10-20)23-15-16-25(28(31)27(23)29(32)33)24-14-13-22(34-2)17-26(24)30/h9-19,29H,3-8H2,1-2H3. The van der Waals surface area contributed by atoms with Crippen molar-refractivity contribution in [1.82, 2.24) is 0 Å². The highest BCUT2D eigenvalue weighted by Crippen LogP contribution is 2.41. The maximum atomic E-state index is 15.3. The van der Waals surface area contributed by atoms with Crippen molar-refractivity contribution < 1.29 is 22.3 Å². The summed E-state index contributed by atoms with van der Waals surface area (Å²) in [6.07, 6.45) is 4.20. The summed E-state index contributed by atoms with van der Waals surface area (Å²) in [5.74, 6) is -0.273. The van der Waals surface area contributed by atoms with Crippen LogP contribution in [0.15, 0.2) is 54.6 Å². The van der Waals surface area contributed by atoms with Crippen LogP contribution in [0.25, 0.3) is 22.3 Å². The van der Waals surface area contributed by atoms with E-state index in [1.54, 1.807) is 12.1 Å². The van der Waals surface area contributed by atoms with Crippen molar-refractivity contribution in [3.63, 3.8) is 0 Å². The minimum Gasteiger partial charge on any atom is -0.497 e. The summed E-state index contributed by atoms with van der Waals surface area (Å²) in [6.45, 7) is 2.22. The lowest BCUT2D eigenvalue weighted by atomic mass is 9.77. The molecule has 0 aliphatic heterocycles. The van der Waals surface area contributed by atoms with E-state index >= 15 is 4.39 Å². The molecule has 0 aromatic heterocycles. The van der Waals surface area contributed by atoms with Gasteiger partial charge < -0.3 is 4.74 Å². The summed E-state index contributed by atoms with van der Waals surface area (Å²) >= 11 is 0. The molecule has 4 rings (SSSR count). The normalized spacial score (nSPS) is 18.3. The second kappa shape index (κ2) is 10.6. The summed E-state index contributed by atoms with van der Waals surface area (Å²) in [4.78, 5) is 0. The number of ether oxygens (including phenoxy) is 1. The first-order chi connectivity index (χ1) is 16.4. The van der Waals surface area contributed by atoms with Crippen molar-refractivity contribution in [3.8, 4) is 28.0 Å². The first-order valence-electron chi connectivity index (χ1n) is 12.0. The molecule has 34 heavy (non-hydrogen) atoms. The molecule has 0 N–H and O–H groups in total. The van der Waals surface area contributed by atoms with Gasteiger partial charge in [0, 0.05) is 17.2 Å². The lowest BCUT2D eigenvalue weighted by Crippen LogP contribution is -2.13. The van der Waals surface area contributed by atoms with Crippen LogP contribution < -0.4 is 4.74 Å². The zero-order valence-electron chi connectivity index (χ0n) is 19.6. The monoisotopic (exact) mass is 470 g/mol. The van der Waals surface area contributed by atoms with Crippen molar-refractivity contribution in [2.45, 2.75) is 57.8 Å². The number of hydrogen-bond acceptors (Lipinski definition) is 1. The molecule has 1 nitrogen and oxygen atoms in total. The van der Waals surface area contributed by atoms with Crippen molar-refractivity contribution in [2.24, 2.45) is 5.92 Å². The van der Waals surface area contributed by atoms with Gasteiger partial charge in [-0.25, -0.2) is 17.6 Å². The second-order valence-corrected chi connectivity index (χ2v) is 9.16. The van der Waals surface area contributed by atoms with E-state index in [1.165, 1.54) is 62.6 Å². The van der Waals surface area contributed by atoms with Crippen LogP contribution in [-0.4, -0.2) is 7.11 Å². The number of alkyl halides is 2. The predicted octanol–water partition coefficient (Wildman–Crippen LogP) is 9.32. The van der Waals surface area contributed by atoms with Gasteiger partial charge in [0.1, 0.15) is 17.4 Å². The van der Waals surface area contributed by atoms with Crippen molar-refractivity contribution in [3.05, 3.63) is 77.4 Å². The summed E-state index contributed by atoms with van der Waals surface area (Å²) < 4.78 is 62.8. The SMILES string of the molecule is CCCC1CCC(c2ccc(-c3ccc(-c4ccc(OC)cc4F)c(F)c3C(F)F)cc2)CC1. The van der Waals surface area contributed by atoms with Gasteiger partial charge >= 0.3 is 0 Å². The molecule has 1 aliphatic rings. The van der Waals surface area contributed by atoms with Gasteiger partial charge in [0.15, 0.2) is 0 Å². The predicted molar refractivity (Wildman–Crippen MR) is 128 cm³/mol. The first kappa shape index (κ1) is 24.3. The molecule has 0 saturated heterocycles. The van der Waals surface area contributed by atoms with Crippen LogP contribution in [0.2, 0.25) is 0 Å². The van der Waals surface area contributed by atoms with E-state index in [2.05, 4.69) is 6.92 Å². The molecule has 3 aromatic carbocycles. The summed E-state index contributed by atoms with van der Waals surface area (Å²) in [7, 11) is 1.39. The maximum Gasteiger partial charge on any atom is 0.267 e. The molecule has 1 fully saturated rings. The Hall–Kier alpha value is -2.82. The lowest BCUT2D eigenvalue weighted by Gasteiger charge is -2.28. The van der Waals surface area contributed by atoms with Gasteiger partial charge in [-0.15, -0.1) is 0 Å². The Morgan fingerprint density at radius 1 is 0.853 bits per heavy atom. The topological polar surface area (TPSA) is 9.23 Å². The Bertz CT molecular complexity index is 1120. The van der Waals surface area contributed by atoms with Crippen LogP contribution in [0.1, 0.15) is 68.9 Å². The third kappa shape index (κ3) is 4.98. The summed E-state index contributed by atoms with van der Waals surface area (Å²) in [6, 6.07) is 14.3. The Morgan fingerprint density at radius 3 is 2.09 bits per heavy atom. The van der Waals surface area contributed by atoms with Gasteiger partial charge in [-0.2, -0.15) is 0 Å². The molecule has 5 heteroatoms. The van der Waals surface area contributed by atoms with E-state index in [-0.39, 0.29) is 22.4 Å². The molecule has 3 aromatic rings. The zero-order valence-corrected chi connectivity index (χ0v) is 19.6. The van der Waals surface area contributed by atoms with Gasteiger partial charge in [0.2, 0.25) is 0 Å². The third-order valence-corrected chi connectivity index (χ3v) is 7.10. The number of hydrogen-bond donors (Lipinski definition) is 0. The van der Waals surface area contributed by atoms with Crippen LogP contribution in [0.4, 0.5) is 17.6 Å². The fourth-order valence-corrected chi connectivity index (χ4v) is 5.23. The molecular formula is C29H30F4O. The smallest absolute Gasteiger partial charge is 0.267 e. The molecule has 0 unspecified atom stereocenters. The molecular weight excluding hydrogens is 440 g/mol. The third-order valence-electron chi connectivity index (χ3n) is 7.10. The number of benzene rings is 3. The highest BCUT2D eigenvalue weighted by molar-refractivity contribution is 5.75. The van der Waals surface area contributed by atoms with E-state index in [1.807, 2.05) is 12.1 Å². The van der Waals surface area contributed by atoms with Crippen LogP contribution in [0.3, 0.4) is 0 Å². The lowest BCUT2D eigenvalue weighted by molar-refractivity contribution is 0.147. The largest absolute Gasteiger partial charge is 0.497 e. The van der Waals surface area contributed by atoms with E-state index in [4.69, 9.17) is 4.74 Å². The molecule has 1 aliphatic carbocycles. The molecule has 180 valence electrons. The van der Waals surface area contributed by atoms with Gasteiger partial charge in [-0.3, -0.25) is 0 Å². The van der Waals surface area contributed by atoms with Gasteiger partial charge in [0.05, 0.1) is 12.7 Å². The molecule has 0 bridgehead atoms. The van der Waals surface area contributed by atoms with Crippen LogP contribution >= 0.6 is 0 Å². The Morgan fingerprint density at radius 2 is 1.50 bits per heavy atom. The number of halogens is 4. The summed E-state index contributed by atoms with van der Waals surface area (Å²) in [5, 5.41) is 0. The van der Waals surface area contributed by atoms with Gasteiger partial charge in [0.25, 0.3) is 6.43 Å². The fraction of sp³-hybridized carbons (Fsp3) is 0.379. The highest BCUT2D eigenvalue weighted by Gasteiger charge is 2.25. The van der Waals surface area contributed by atoms with E-state index in [0.717, 1.165) is 24.8 Å². The Balaban J connectivity index is 1.63. The quantitative estimate of drug-likeness (QED) is 0.313. The average Bonchev–Trinajstić information content (AvgIpc) is 2.84. The van der Waals surface area contributed by atoms with Crippen molar-refractivity contribution >= 4 is 0 Å². The zero-order chi connectivity index (χ0) is 24.2. The molecule has 0 radical (unpaired) electrons. The number of methoxy groups -OCH3 is 1. The van der Waals surface area contributed by atoms with Gasteiger partial charge in [-0.05, 0) is 66.3 Å². The van der Waals surface area contributed by atoms with Crippen molar-refractivity contribution in [1.29, 1.82) is 0 Å². The van der Waals surface area contributed by atoms with Crippen LogP contribution in [0.5, 0.6) is 5.75 Å². The second-order valence-electron chi connectivity index (χ2n) is 9.16. The summed E-state index contributed by atoms with van der Waals surface area (Å²) in [5.41, 5.74) is 0.874. The first-order valence-corrected chi connectivity index (χ1v) is 12.0. The van der Waals surface area contributed by atoms with Gasteiger partial charge in [-0.1, -0.05) is 56.2 Å². The Kier molecular flexibility index (Phi) is 7.60. The average molecular weight is 471 g/mol. The number of rotatable bonds is 7. The van der Waals surface area contributed by atoms with Crippen LogP contribution in [0, 0.1) is 17.6 Å². The molecule has 0 heterocycles. The minimum atomic E-state index is -3.04. The molecule has 0 spiro atoms. The molecule has 1 saturated carbocycles. The van der Waals surface area contributed by atoms with E-state index < -0.39 is 23.6 Å². The minimum absolute atomic E-state index is 0.0826. The molecule has 0 atom stereocenters. The van der Waals surface area contributed by atoms with E-state index in [9.17, 15) is 13.2 Å². The fourth-order valence-electron chi connectivity index (χ4n) is 5.23. The molecule has 0 amide bonds.